The van der Waals surface area contributed by atoms with Crippen LogP contribution in [0.5, 0.6) is 0 Å². The van der Waals surface area contributed by atoms with Crippen LogP contribution in [-0.2, 0) is 5.41 Å². The molecule has 0 saturated carbocycles. The summed E-state index contributed by atoms with van der Waals surface area (Å²) >= 11 is 0. The fourth-order valence-corrected chi connectivity index (χ4v) is 3.27. The predicted molar refractivity (Wildman–Crippen MR) is 127 cm³/mol. The molecule has 2 aromatic heterocycles. The Balaban J connectivity index is 1.69. The third-order valence-electron chi connectivity index (χ3n) is 5.00. The van der Waals surface area contributed by atoms with Crippen LogP contribution in [0.1, 0.15) is 26.6 Å². The van der Waals surface area contributed by atoms with Crippen LogP contribution in [0.15, 0.2) is 48.7 Å². The van der Waals surface area contributed by atoms with E-state index in [2.05, 4.69) is 30.6 Å². The minimum absolute atomic E-state index is 0.0464. The van der Waals surface area contributed by atoms with Crippen molar-refractivity contribution in [1.82, 2.24) is 19.9 Å². The molecule has 8 nitrogen and oxygen atoms in total. The molecule has 2 heterocycles. The maximum atomic E-state index is 15.0. The first-order valence-corrected chi connectivity index (χ1v) is 10.5. The molecule has 0 unspecified atom stereocenters. The topological polar surface area (TPSA) is 122 Å². The number of nitrogens with one attached hydrogen (secondary N) is 3. The van der Waals surface area contributed by atoms with Crippen LogP contribution in [0, 0.1) is 17.5 Å². The number of amides is 2. The van der Waals surface area contributed by atoms with E-state index in [-0.39, 0.29) is 34.0 Å². The van der Waals surface area contributed by atoms with Gasteiger partial charge in [0.2, 0.25) is 5.95 Å². The van der Waals surface area contributed by atoms with E-state index in [0.29, 0.717) is 17.2 Å². The Hall–Kier alpha value is -4.41. The summed E-state index contributed by atoms with van der Waals surface area (Å²) in [7, 11) is 0. The first-order chi connectivity index (χ1) is 16.5. The first kappa shape index (κ1) is 23.7. The molecule has 4 aromatic rings. The summed E-state index contributed by atoms with van der Waals surface area (Å²) in [5, 5.41) is 4.95. The third kappa shape index (κ3) is 5.24. The number of hydrogen-bond acceptors (Lipinski definition) is 5. The molecule has 5 N–H and O–H groups in total. The van der Waals surface area contributed by atoms with Gasteiger partial charge >= 0.3 is 6.03 Å². The monoisotopic (exact) mass is 481 g/mol. The Kier molecular flexibility index (Phi) is 6.16. The van der Waals surface area contributed by atoms with Crippen molar-refractivity contribution in [3.05, 3.63) is 71.9 Å². The number of anilines is 3. The summed E-state index contributed by atoms with van der Waals surface area (Å²) in [5.41, 5.74) is 6.88. The van der Waals surface area contributed by atoms with Gasteiger partial charge in [-0.25, -0.2) is 32.9 Å². The molecule has 4 rings (SSSR count). The number of urea groups is 1. The standard InChI is InChI=1S/C24H22F3N7O/c1-24(2,3)21-33-19(20(34-21)18-8-9-29-22(28)32-18)14-10-12(4-6-15(14)25)30-23(35)31-13-5-7-16(26)17(27)11-13/h4-11H,1-3H3,(H,33,34)(H2,28,29,32)(H2,30,31,35). The number of halogens is 3. The quantitative estimate of drug-likeness (QED) is 0.308. The smallest absolute Gasteiger partial charge is 0.323 e. The molecule has 0 aliphatic heterocycles. The average Bonchev–Trinajstić information content (AvgIpc) is 3.23. The molecule has 35 heavy (non-hydrogen) atoms. The molecule has 0 radical (unpaired) electrons. The predicted octanol–water partition coefficient (Wildman–Crippen LogP) is 5.47. The van der Waals surface area contributed by atoms with Gasteiger partial charge < -0.3 is 21.4 Å². The number of aromatic amines is 1. The van der Waals surface area contributed by atoms with Gasteiger partial charge in [-0.2, -0.15) is 0 Å². The van der Waals surface area contributed by atoms with Crippen LogP contribution in [0.2, 0.25) is 0 Å². The van der Waals surface area contributed by atoms with E-state index in [1.165, 1.54) is 30.5 Å². The molecular weight excluding hydrogens is 459 g/mol. The Morgan fingerprint density at radius 2 is 1.57 bits per heavy atom. The largest absolute Gasteiger partial charge is 0.368 e. The van der Waals surface area contributed by atoms with E-state index >= 15 is 0 Å². The highest BCUT2D eigenvalue weighted by Gasteiger charge is 2.25. The zero-order valence-corrected chi connectivity index (χ0v) is 19.1. The van der Waals surface area contributed by atoms with Gasteiger partial charge in [-0.3, -0.25) is 0 Å². The van der Waals surface area contributed by atoms with Gasteiger partial charge in [0.1, 0.15) is 17.3 Å². The second-order valence-electron chi connectivity index (χ2n) is 8.76. The number of imidazole rings is 1. The lowest BCUT2D eigenvalue weighted by molar-refractivity contribution is 0.262. The molecule has 0 saturated heterocycles. The maximum absolute atomic E-state index is 15.0. The minimum atomic E-state index is -1.10. The fourth-order valence-electron chi connectivity index (χ4n) is 3.27. The molecule has 11 heteroatoms. The van der Waals surface area contributed by atoms with E-state index < -0.39 is 23.5 Å². The van der Waals surface area contributed by atoms with E-state index in [0.717, 1.165) is 12.1 Å². The zero-order chi connectivity index (χ0) is 25.3. The van der Waals surface area contributed by atoms with Gasteiger partial charge in [0.15, 0.2) is 11.6 Å². The lowest BCUT2D eigenvalue weighted by atomic mass is 9.96. The van der Waals surface area contributed by atoms with Crippen molar-refractivity contribution in [2.45, 2.75) is 26.2 Å². The Morgan fingerprint density at radius 1 is 0.914 bits per heavy atom. The second kappa shape index (κ2) is 9.09. The van der Waals surface area contributed by atoms with Gasteiger partial charge in [-0.15, -0.1) is 0 Å². The van der Waals surface area contributed by atoms with Crippen molar-refractivity contribution in [2.75, 3.05) is 16.4 Å². The van der Waals surface area contributed by atoms with Crippen LogP contribution in [0.4, 0.5) is 35.3 Å². The lowest BCUT2D eigenvalue weighted by Gasteiger charge is -2.14. The molecule has 0 aliphatic rings. The molecule has 180 valence electrons. The van der Waals surface area contributed by atoms with E-state index in [9.17, 15) is 18.0 Å². The van der Waals surface area contributed by atoms with Gasteiger partial charge in [0.05, 0.1) is 11.4 Å². The zero-order valence-electron chi connectivity index (χ0n) is 19.1. The van der Waals surface area contributed by atoms with E-state index in [1.807, 2.05) is 20.8 Å². The molecule has 2 aromatic carbocycles. The van der Waals surface area contributed by atoms with Crippen molar-refractivity contribution in [3.8, 4) is 22.6 Å². The van der Waals surface area contributed by atoms with Crippen LogP contribution < -0.4 is 16.4 Å². The Labute approximate surface area is 198 Å². The number of H-pyrrole nitrogens is 1. The average molecular weight is 481 g/mol. The Bertz CT molecular complexity index is 1410. The summed E-state index contributed by atoms with van der Waals surface area (Å²) in [6.07, 6.45) is 1.48. The second-order valence-corrected chi connectivity index (χ2v) is 8.76. The minimum Gasteiger partial charge on any atom is -0.368 e. The van der Waals surface area contributed by atoms with Crippen molar-refractivity contribution in [3.63, 3.8) is 0 Å². The normalized spacial score (nSPS) is 11.4. The fraction of sp³-hybridized carbons (Fsp3) is 0.167. The maximum Gasteiger partial charge on any atom is 0.323 e. The van der Waals surface area contributed by atoms with Gasteiger partial charge in [0.25, 0.3) is 0 Å². The highest BCUT2D eigenvalue weighted by atomic mass is 19.2. The lowest BCUT2D eigenvalue weighted by Crippen LogP contribution is -2.19. The number of nitrogen functional groups attached to an aromatic ring is 1. The van der Waals surface area contributed by atoms with Crippen molar-refractivity contribution < 1.29 is 18.0 Å². The summed E-state index contributed by atoms with van der Waals surface area (Å²) in [6.45, 7) is 5.85. The summed E-state index contributed by atoms with van der Waals surface area (Å²) in [5.74, 6) is -2.07. The summed E-state index contributed by atoms with van der Waals surface area (Å²) in [4.78, 5) is 28.3. The molecule has 0 fully saturated rings. The number of carbonyl (C=O) groups excluding carboxylic acids is 1. The number of nitrogens with two attached hydrogens (primary N) is 1. The van der Waals surface area contributed by atoms with E-state index in [1.54, 1.807) is 6.07 Å². The summed E-state index contributed by atoms with van der Waals surface area (Å²) in [6, 6.07) is 7.82. The van der Waals surface area contributed by atoms with Crippen molar-refractivity contribution in [2.24, 2.45) is 0 Å². The highest BCUT2D eigenvalue weighted by Crippen LogP contribution is 2.35. The van der Waals surface area contributed by atoms with Crippen LogP contribution in [-0.4, -0.2) is 26.0 Å². The van der Waals surface area contributed by atoms with Crippen LogP contribution >= 0.6 is 0 Å². The molecule has 0 spiro atoms. The van der Waals surface area contributed by atoms with Crippen molar-refractivity contribution >= 4 is 23.4 Å². The van der Waals surface area contributed by atoms with E-state index in [4.69, 9.17) is 5.73 Å². The number of carbonyl (C=O) groups is 1. The number of benzene rings is 2. The van der Waals surface area contributed by atoms with Crippen molar-refractivity contribution in [1.29, 1.82) is 0 Å². The Morgan fingerprint density at radius 3 is 2.20 bits per heavy atom. The van der Waals surface area contributed by atoms with Gasteiger partial charge in [0, 0.05) is 34.6 Å². The SMILES string of the molecule is CC(C)(C)c1nc(-c2cc(NC(=O)Nc3ccc(F)c(F)c3)ccc2F)c(-c2ccnc(N)n2)[nH]1. The van der Waals surface area contributed by atoms with Gasteiger partial charge in [-0.05, 0) is 36.4 Å². The number of aromatic nitrogens is 4. The van der Waals surface area contributed by atoms with Crippen LogP contribution in [0.3, 0.4) is 0 Å². The number of nitrogens with zero attached hydrogens (tertiary/aromatic N) is 3. The summed E-state index contributed by atoms with van der Waals surface area (Å²) < 4.78 is 41.5. The molecular formula is C24H22F3N7O. The van der Waals surface area contributed by atoms with Crippen LogP contribution in [0.25, 0.3) is 22.6 Å². The third-order valence-corrected chi connectivity index (χ3v) is 5.00. The number of hydrogen-bond donors (Lipinski definition) is 4. The first-order valence-electron chi connectivity index (χ1n) is 10.5. The number of rotatable bonds is 4. The highest BCUT2D eigenvalue weighted by molar-refractivity contribution is 6.00. The molecule has 0 atom stereocenters. The molecule has 2 amide bonds. The molecule has 0 bridgehead atoms. The van der Waals surface area contributed by atoms with Gasteiger partial charge in [-0.1, -0.05) is 20.8 Å². The molecule has 0 aliphatic carbocycles.